The van der Waals surface area contributed by atoms with Gasteiger partial charge in [0.05, 0.1) is 13.1 Å². The topological polar surface area (TPSA) is 637 Å². The Morgan fingerprint density at radius 1 is 0.518 bits per heavy atom. The van der Waals surface area contributed by atoms with E-state index in [0.717, 1.165) is 16.7 Å². The SMILES string of the molecule is CC[C@H](C)[C@H](NC(=O)[C@H](CCCN=C(N)N)NC(=O)[C@H](CCCN=C(N)N)NC(=O)[C@H](CC(C)C)NC(=O)[C@H](Cc1ccccc1)NC(=O)CNC(=O)CNC(=O)[C@H](Cc1ccc(O)cc1)NC(=O)CCc1c(C)cc(C(N)=O)cc1C)C(=O)N[C@@H](CCCN=C(N)N)C(=O)N1CCC[C@H]1C(=O)N[C@@H](CCCCN)C(N)=O. The molecule has 0 aromatic heterocycles. The molecule has 1 aliphatic heterocycles. The number of aryl methyl sites for hydroxylation is 2. The highest BCUT2D eigenvalue weighted by Crippen LogP contribution is 2.23. The number of nitrogens with zero attached hydrogens (tertiary/aromatic N) is 4. The summed E-state index contributed by atoms with van der Waals surface area (Å²) in [4.78, 5) is 194. The molecule has 0 aliphatic carbocycles. The Labute approximate surface area is 652 Å². The maximum Gasteiger partial charge on any atom is 0.248 e. The molecule has 13 amide bonds. The number of aromatic hydroxyl groups is 1. The number of carbonyl (C=O) groups excluding carboxylic acids is 13. The molecule has 3 aromatic rings. The summed E-state index contributed by atoms with van der Waals surface area (Å²) in [6, 6.07) is 6.12. The van der Waals surface area contributed by atoms with E-state index in [9.17, 15) is 67.4 Å². The molecule has 0 spiro atoms. The van der Waals surface area contributed by atoms with Gasteiger partial charge in [-0.1, -0.05) is 76.6 Å². The van der Waals surface area contributed by atoms with Gasteiger partial charge in [-0.3, -0.25) is 77.3 Å². The van der Waals surface area contributed by atoms with Crippen LogP contribution in [0.5, 0.6) is 5.75 Å². The molecule has 29 N–H and O–H groups in total. The molecule has 0 saturated carbocycles. The third-order valence-corrected chi connectivity index (χ3v) is 18.7. The molecule has 1 aliphatic rings. The highest BCUT2D eigenvalue weighted by Gasteiger charge is 2.41. The number of benzene rings is 3. The van der Waals surface area contributed by atoms with Crippen LogP contribution < -0.4 is 105 Å². The quantitative estimate of drug-likeness (QED) is 0.0148. The van der Waals surface area contributed by atoms with E-state index in [2.05, 4.69) is 68.1 Å². The van der Waals surface area contributed by atoms with Gasteiger partial charge in [-0.25, -0.2) is 0 Å². The molecule has 112 heavy (non-hydrogen) atoms. The van der Waals surface area contributed by atoms with Crippen LogP contribution in [0.25, 0.3) is 0 Å². The first-order chi connectivity index (χ1) is 53.1. The Hall–Kier alpha value is -11.7. The maximum absolute atomic E-state index is 14.9. The number of carbonyl (C=O) groups is 13. The summed E-state index contributed by atoms with van der Waals surface area (Å²) in [6.45, 7) is 9.73. The number of hydrogen-bond donors (Lipinski definition) is 20. The largest absolute Gasteiger partial charge is 0.508 e. The summed E-state index contributed by atoms with van der Waals surface area (Å²) < 4.78 is 0. The smallest absolute Gasteiger partial charge is 0.248 e. The normalized spacial score (nSPS) is 14.8. The number of nitrogens with one attached hydrogen (secondary N) is 10. The minimum Gasteiger partial charge on any atom is -0.508 e. The molecular formula is C75H117N23O14. The number of unbranched alkanes of at least 4 members (excludes halogenated alkanes) is 1. The lowest BCUT2D eigenvalue weighted by molar-refractivity contribution is -0.142. The van der Waals surface area contributed by atoms with Crippen LogP contribution >= 0.6 is 0 Å². The van der Waals surface area contributed by atoms with E-state index in [-0.39, 0.29) is 139 Å². The lowest BCUT2D eigenvalue weighted by atomic mass is 9.95. The summed E-state index contributed by atoms with van der Waals surface area (Å²) in [6.07, 6.45) is 2.31. The van der Waals surface area contributed by atoms with Crippen LogP contribution in [-0.2, 0) is 76.8 Å². The van der Waals surface area contributed by atoms with Gasteiger partial charge in [-0.2, -0.15) is 0 Å². The van der Waals surface area contributed by atoms with Gasteiger partial charge in [0.1, 0.15) is 60.1 Å². The Morgan fingerprint density at radius 3 is 1.53 bits per heavy atom. The predicted molar refractivity (Wildman–Crippen MR) is 422 cm³/mol. The van der Waals surface area contributed by atoms with Crippen LogP contribution in [0, 0.1) is 25.7 Å². The maximum atomic E-state index is 14.9. The zero-order valence-corrected chi connectivity index (χ0v) is 64.9. The number of rotatable bonds is 49. The molecule has 3 aromatic carbocycles. The van der Waals surface area contributed by atoms with Gasteiger partial charge in [0, 0.05) is 51.0 Å². The average molecular weight is 1560 g/mol. The summed E-state index contributed by atoms with van der Waals surface area (Å²) in [5.41, 5.74) is 54.3. The first kappa shape index (κ1) is 92.7. The molecule has 0 unspecified atom stereocenters. The summed E-state index contributed by atoms with van der Waals surface area (Å²) >= 11 is 0. The van der Waals surface area contributed by atoms with Crippen LogP contribution in [0.3, 0.4) is 0 Å². The molecule has 4 rings (SSSR count). The lowest BCUT2D eigenvalue weighted by Crippen LogP contribution is -2.61. The van der Waals surface area contributed by atoms with Crippen molar-refractivity contribution in [2.75, 3.05) is 45.8 Å². The third kappa shape index (κ3) is 33.3. The van der Waals surface area contributed by atoms with Crippen molar-refractivity contribution in [2.24, 2.45) is 78.4 Å². The second-order valence-corrected chi connectivity index (χ2v) is 28.3. The highest BCUT2D eigenvalue weighted by molar-refractivity contribution is 5.99. The summed E-state index contributed by atoms with van der Waals surface area (Å²) in [7, 11) is 0. The number of amides is 13. The first-order valence-electron chi connectivity index (χ1n) is 37.7. The van der Waals surface area contributed by atoms with Gasteiger partial charge < -0.3 is 115 Å². The fourth-order valence-electron chi connectivity index (χ4n) is 12.5. The van der Waals surface area contributed by atoms with E-state index in [1.165, 1.54) is 17.0 Å². The third-order valence-electron chi connectivity index (χ3n) is 18.7. The van der Waals surface area contributed by atoms with Crippen LogP contribution in [-0.4, -0.2) is 205 Å². The lowest BCUT2D eigenvalue weighted by Gasteiger charge is -2.32. The zero-order chi connectivity index (χ0) is 83.1. The molecule has 1 saturated heterocycles. The Kier molecular flexibility index (Phi) is 39.8. The van der Waals surface area contributed by atoms with Crippen molar-refractivity contribution in [1.82, 2.24) is 58.1 Å². The van der Waals surface area contributed by atoms with Gasteiger partial charge in [0.15, 0.2) is 17.9 Å². The van der Waals surface area contributed by atoms with E-state index < -0.39 is 150 Å². The molecular weight excluding hydrogens is 1450 g/mol. The van der Waals surface area contributed by atoms with Crippen molar-refractivity contribution < 1.29 is 67.4 Å². The molecule has 0 bridgehead atoms. The number of hydrogen-bond acceptors (Lipinski definition) is 18. The standard InChI is InChI=1S/C75H117N23O14/c1-7-43(4)62(71(111)95-54(22-15-33-87-75(83)84)72(112)98-34-16-23-58(98)70(110)92-51(64(78)104)19-11-12-30-76)97-67(107)53(21-14-32-86-74(81)82)93-66(106)52(20-13-31-85-73(79)80)94-68(108)55(35-42(2)3)96-69(109)57(38-46-17-9-8-10-18-46)91-61(102)41-88-60(101)40-89-65(105)56(39-47-24-26-49(99)27-25-47)90-59(100)29-28-50-44(5)36-48(63(77)103)37-45(50)6/h8-10,17-18,24-27,36-37,42-43,51-58,62,99H,7,11-16,19-23,28-35,38-41,76H2,1-6H3,(H2,77,103)(H2,78,104)(H,88,101)(H,89,105)(H,90,100)(H,91,102)(H,92,110)(H,93,106)(H,94,108)(H,95,111)(H,96,109)(H,97,107)(H4,79,80,85)(H4,81,82,86)(H4,83,84,87)/t43-,51-,52-,53-,54-,55-,56-,57-,58-,62-/m0/s1. The van der Waals surface area contributed by atoms with Gasteiger partial charge >= 0.3 is 0 Å². The van der Waals surface area contributed by atoms with Crippen molar-refractivity contribution in [3.8, 4) is 5.75 Å². The number of nitrogens with two attached hydrogens (primary N) is 9. The van der Waals surface area contributed by atoms with Gasteiger partial charge in [-0.05, 0) is 168 Å². The second kappa shape index (κ2) is 48.1. The molecule has 0 radical (unpaired) electrons. The number of primary amides is 2. The monoisotopic (exact) mass is 1560 g/mol. The van der Waals surface area contributed by atoms with Crippen molar-refractivity contribution >= 4 is 94.7 Å². The molecule has 1 heterocycles. The second-order valence-electron chi connectivity index (χ2n) is 28.3. The van der Waals surface area contributed by atoms with E-state index in [1.807, 2.05) is 0 Å². The highest BCUT2D eigenvalue weighted by atomic mass is 16.3. The van der Waals surface area contributed by atoms with Crippen LogP contribution in [0.1, 0.15) is 156 Å². The molecule has 37 heteroatoms. The van der Waals surface area contributed by atoms with Gasteiger partial charge in [0.2, 0.25) is 76.8 Å². The van der Waals surface area contributed by atoms with E-state index >= 15 is 0 Å². The Balaban J connectivity index is 1.57. The van der Waals surface area contributed by atoms with E-state index in [4.69, 9.17) is 51.6 Å². The van der Waals surface area contributed by atoms with E-state index in [1.54, 1.807) is 96.1 Å². The van der Waals surface area contributed by atoms with Crippen molar-refractivity contribution in [1.29, 1.82) is 0 Å². The summed E-state index contributed by atoms with van der Waals surface area (Å²) in [5.74, 6) is -11.5. The van der Waals surface area contributed by atoms with Crippen molar-refractivity contribution in [3.63, 3.8) is 0 Å². The predicted octanol–water partition coefficient (Wildman–Crippen LogP) is -3.50. The van der Waals surface area contributed by atoms with Crippen molar-refractivity contribution in [2.45, 2.75) is 205 Å². The number of phenolic OH excluding ortho intramolecular Hbond substituents is 1. The number of likely N-dealkylation sites (tertiary alicyclic amines) is 1. The van der Waals surface area contributed by atoms with Crippen LogP contribution in [0.4, 0.5) is 0 Å². The first-order valence-corrected chi connectivity index (χ1v) is 37.7. The van der Waals surface area contributed by atoms with Gasteiger partial charge in [-0.15, -0.1) is 0 Å². The fraction of sp³-hybridized carbons (Fsp3) is 0.547. The minimum atomic E-state index is -1.47. The number of aliphatic imine (C=N–C) groups is 3. The molecule has 10 atom stereocenters. The van der Waals surface area contributed by atoms with Crippen molar-refractivity contribution in [3.05, 3.63) is 100 Å². The van der Waals surface area contributed by atoms with E-state index in [0.29, 0.717) is 48.9 Å². The van der Waals surface area contributed by atoms with Crippen LogP contribution in [0.15, 0.2) is 81.7 Å². The zero-order valence-electron chi connectivity index (χ0n) is 64.9. The van der Waals surface area contributed by atoms with Gasteiger partial charge in [0.25, 0.3) is 0 Å². The Morgan fingerprint density at radius 2 is 1.00 bits per heavy atom. The number of guanidine groups is 3. The molecule has 37 nitrogen and oxygen atoms in total. The van der Waals surface area contributed by atoms with Crippen LogP contribution in [0.2, 0.25) is 0 Å². The fourth-order valence-corrected chi connectivity index (χ4v) is 12.5. The number of phenols is 1. The minimum absolute atomic E-state index is 0.0142. The molecule has 616 valence electrons. The molecule has 1 fully saturated rings. The average Bonchev–Trinajstić information content (AvgIpc) is 1.53. The summed E-state index contributed by atoms with van der Waals surface area (Å²) in [5, 5.41) is 36.7. The Bertz CT molecular complexity index is 3750.